The first kappa shape index (κ1) is 16.9. The van der Waals surface area contributed by atoms with E-state index in [9.17, 15) is 0 Å². The zero-order valence-electron chi connectivity index (χ0n) is 16.0. The Bertz CT molecular complexity index is 924. The van der Waals surface area contributed by atoms with Crippen molar-refractivity contribution in [1.82, 2.24) is 24.6 Å². The fourth-order valence-electron chi connectivity index (χ4n) is 4.80. The summed E-state index contributed by atoms with van der Waals surface area (Å²) < 4.78 is 7.86. The molecule has 3 aromatic rings. The van der Waals surface area contributed by atoms with Crippen LogP contribution < -0.4 is 0 Å². The molecule has 1 aliphatic heterocycles. The number of aromatic nitrogens is 4. The average Bonchev–Trinajstić information content (AvgIpc) is 3.43. The maximum absolute atomic E-state index is 5.62. The minimum Gasteiger partial charge on any atom is -0.339 e. The lowest BCUT2D eigenvalue weighted by Crippen LogP contribution is -2.25. The molecule has 6 heteroatoms. The Morgan fingerprint density at radius 3 is 2.74 bits per heavy atom. The Kier molecular flexibility index (Phi) is 4.44. The molecule has 27 heavy (non-hydrogen) atoms. The third kappa shape index (κ3) is 3.16. The van der Waals surface area contributed by atoms with Gasteiger partial charge in [-0.25, -0.2) is 4.98 Å². The number of benzene rings is 1. The van der Waals surface area contributed by atoms with Crippen molar-refractivity contribution in [2.45, 2.75) is 63.5 Å². The van der Waals surface area contributed by atoms with E-state index in [1.807, 2.05) is 0 Å². The van der Waals surface area contributed by atoms with E-state index in [0.717, 1.165) is 42.6 Å². The smallest absolute Gasteiger partial charge is 0.229 e. The fraction of sp³-hybridized carbons (Fsp3) is 0.571. The van der Waals surface area contributed by atoms with Crippen LogP contribution in [0, 0.1) is 0 Å². The molecule has 1 aromatic carbocycles. The third-order valence-electron chi connectivity index (χ3n) is 6.27. The van der Waals surface area contributed by atoms with E-state index in [4.69, 9.17) is 14.5 Å². The van der Waals surface area contributed by atoms with E-state index < -0.39 is 0 Å². The highest BCUT2D eigenvalue weighted by Crippen LogP contribution is 2.35. The molecule has 6 nitrogen and oxygen atoms in total. The molecule has 3 heterocycles. The number of nitrogens with zero attached hydrogens (tertiary/aromatic N) is 5. The number of hydrogen-bond acceptors (Lipinski definition) is 5. The summed E-state index contributed by atoms with van der Waals surface area (Å²) in [6, 6.07) is 8.68. The van der Waals surface area contributed by atoms with Gasteiger partial charge in [0.25, 0.3) is 0 Å². The highest BCUT2D eigenvalue weighted by Gasteiger charge is 2.31. The molecule has 2 aliphatic rings. The Morgan fingerprint density at radius 1 is 1.04 bits per heavy atom. The van der Waals surface area contributed by atoms with Crippen LogP contribution in [0.4, 0.5) is 0 Å². The summed E-state index contributed by atoms with van der Waals surface area (Å²) in [5.41, 5.74) is 2.26. The van der Waals surface area contributed by atoms with Crippen LogP contribution in [0.15, 0.2) is 28.8 Å². The van der Waals surface area contributed by atoms with E-state index in [1.165, 1.54) is 44.0 Å². The molecular weight excluding hydrogens is 338 g/mol. The molecule has 0 amide bonds. The molecule has 0 N–H and O–H groups in total. The van der Waals surface area contributed by atoms with Crippen molar-refractivity contribution in [3.05, 3.63) is 41.8 Å². The number of likely N-dealkylation sites (tertiary alicyclic amines) is 1. The lowest BCUT2D eigenvalue weighted by atomic mass is 9.89. The summed E-state index contributed by atoms with van der Waals surface area (Å²) in [5.74, 6) is 3.28. The maximum Gasteiger partial charge on any atom is 0.229 e. The van der Waals surface area contributed by atoms with Crippen LogP contribution in [-0.2, 0) is 13.6 Å². The van der Waals surface area contributed by atoms with Gasteiger partial charge in [0, 0.05) is 13.0 Å². The molecule has 0 radical (unpaired) electrons. The molecule has 142 valence electrons. The normalized spacial score (nSPS) is 22.0. The fourth-order valence-corrected chi connectivity index (χ4v) is 4.80. The summed E-state index contributed by atoms with van der Waals surface area (Å²) in [6.45, 7) is 1.80. The summed E-state index contributed by atoms with van der Waals surface area (Å²) in [4.78, 5) is 12.1. The van der Waals surface area contributed by atoms with Gasteiger partial charge in [-0.2, -0.15) is 4.98 Å². The van der Waals surface area contributed by atoms with Gasteiger partial charge in [-0.3, -0.25) is 4.90 Å². The largest absolute Gasteiger partial charge is 0.339 e. The second-order valence-electron chi connectivity index (χ2n) is 8.03. The SMILES string of the molecule is Cn1c(C2CCCN2Cc2noc(C3CCCCC3)n2)nc2ccccc21. The minimum absolute atomic E-state index is 0.319. The van der Waals surface area contributed by atoms with Gasteiger partial charge in [-0.05, 0) is 44.4 Å². The van der Waals surface area contributed by atoms with E-state index in [-0.39, 0.29) is 0 Å². The van der Waals surface area contributed by atoms with E-state index in [1.54, 1.807) is 0 Å². The first-order chi connectivity index (χ1) is 13.3. The lowest BCUT2D eigenvalue weighted by Gasteiger charge is -2.22. The molecule has 5 rings (SSSR count). The number of hydrogen-bond donors (Lipinski definition) is 0. The molecule has 1 atom stereocenters. The van der Waals surface area contributed by atoms with Gasteiger partial charge in [0.2, 0.25) is 5.89 Å². The van der Waals surface area contributed by atoms with Crippen molar-refractivity contribution in [2.75, 3.05) is 6.54 Å². The zero-order chi connectivity index (χ0) is 18.2. The molecular formula is C21H27N5O. The standard InChI is InChI=1S/C21H27N5O/c1-25-17-11-6-5-10-16(17)22-20(25)18-12-7-13-26(18)14-19-23-21(27-24-19)15-8-3-2-4-9-15/h5-6,10-11,15,18H,2-4,7-9,12-14H2,1H3. The molecule has 1 unspecified atom stereocenters. The van der Waals surface area contributed by atoms with Crippen LogP contribution in [0.2, 0.25) is 0 Å². The molecule has 0 bridgehead atoms. The molecule has 2 aromatic heterocycles. The Labute approximate surface area is 159 Å². The van der Waals surface area contributed by atoms with Crippen molar-refractivity contribution in [1.29, 1.82) is 0 Å². The minimum atomic E-state index is 0.319. The van der Waals surface area contributed by atoms with Crippen molar-refractivity contribution in [3.8, 4) is 0 Å². The van der Waals surface area contributed by atoms with Gasteiger partial charge in [-0.1, -0.05) is 36.6 Å². The number of para-hydroxylation sites is 2. The Hall–Kier alpha value is -2.21. The van der Waals surface area contributed by atoms with Crippen LogP contribution in [-0.4, -0.2) is 31.1 Å². The van der Waals surface area contributed by atoms with Crippen molar-refractivity contribution < 1.29 is 4.52 Å². The molecule has 1 aliphatic carbocycles. The average molecular weight is 365 g/mol. The third-order valence-corrected chi connectivity index (χ3v) is 6.27. The number of fused-ring (bicyclic) bond motifs is 1. The van der Waals surface area contributed by atoms with Crippen LogP contribution in [0.1, 0.15) is 74.4 Å². The predicted molar refractivity (Wildman–Crippen MR) is 103 cm³/mol. The second-order valence-corrected chi connectivity index (χ2v) is 8.03. The summed E-state index contributed by atoms with van der Waals surface area (Å²) in [6.07, 6.45) is 8.59. The monoisotopic (exact) mass is 365 g/mol. The number of rotatable bonds is 4. The molecule has 1 saturated heterocycles. The number of imidazole rings is 1. The predicted octanol–water partition coefficient (Wildman–Crippen LogP) is 4.34. The lowest BCUT2D eigenvalue weighted by molar-refractivity contribution is 0.227. The van der Waals surface area contributed by atoms with Crippen molar-refractivity contribution in [3.63, 3.8) is 0 Å². The van der Waals surface area contributed by atoms with Gasteiger partial charge >= 0.3 is 0 Å². The number of aryl methyl sites for hydroxylation is 1. The molecule has 1 saturated carbocycles. The highest BCUT2D eigenvalue weighted by molar-refractivity contribution is 5.75. The van der Waals surface area contributed by atoms with Crippen LogP contribution >= 0.6 is 0 Å². The quantitative estimate of drug-likeness (QED) is 0.688. The Balaban J connectivity index is 1.35. The summed E-state index contributed by atoms with van der Waals surface area (Å²) >= 11 is 0. The summed E-state index contributed by atoms with van der Waals surface area (Å²) in [5, 5.41) is 4.29. The van der Waals surface area contributed by atoms with Crippen LogP contribution in [0.3, 0.4) is 0 Å². The topological polar surface area (TPSA) is 60.0 Å². The van der Waals surface area contributed by atoms with Crippen molar-refractivity contribution in [2.24, 2.45) is 7.05 Å². The van der Waals surface area contributed by atoms with Crippen LogP contribution in [0.25, 0.3) is 11.0 Å². The molecule has 0 spiro atoms. The Morgan fingerprint density at radius 2 is 1.89 bits per heavy atom. The van der Waals surface area contributed by atoms with E-state index in [0.29, 0.717) is 12.0 Å². The van der Waals surface area contributed by atoms with Gasteiger partial charge in [0.15, 0.2) is 5.82 Å². The van der Waals surface area contributed by atoms with E-state index in [2.05, 4.69) is 45.9 Å². The molecule has 2 fully saturated rings. The first-order valence-electron chi connectivity index (χ1n) is 10.3. The van der Waals surface area contributed by atoms with Crippen molar-refractivity contribution >= 4 is 11.0 Å². The van der Waals surface area contributed by atoms with Gasteiger partial charge in [0.05, 0.1) is 23.6 Å². The van der Waals surface area contributed by atoms with Crippen LogP contribution in [0.5, 0.6) is 0 Å². The second kappa shape index (κ2) is 7.08. The van der Waals surface area contributed by atoms with Gasteiger partial charge < -0.3 is 9.09 Å². The van der Waals surface area contributed by atoms with Gasteiger partial charge in [-0.15, -0.1) is 0 Å². The summed E-state index contributed by atoms with van der Waals surface area (Å²) in [7, 11) is 2.12. The first-order valence-corrected chi connectivity index (χ1v) is 10.3. The maximum atomic E-state index is 5.62. The van der Waals surface area contributed by atoms with E-state index >= 15 is 0 Å². The van der Waals surface area contributed by atoms with Gasteiger partial charge in [0.1, 0.15) is 5.82 Å². The highest BCUT2D eigenvalue weighted by atomic mass is 16.5. The zero-order valence-corrected chi connectivity index (χ0v) is 16.0.